The molecule has 4 rings (SSSR count). The third-order valence-electron chi connectivity index (χ3n) is 4.60. The summed E-state index contributed by atoms with van der Waals surface area (Å²) in [5.41, 5.74) is 1.20. The van der Waals surface area contributed by atoms with Crippen LogP contribution in [0.2, 0.25) is 5.02 Å². The van der Waals surface area contributed by atoms with Crippen LogP contribution >= 0.6 is 11.6 Å². The minimum Gasteiger partial charge on any atom is -0.493 e. The fourth-order valence-corrected chi connectivity index (χ4v) is 3.48. The van der Waals surface area contributed by atoms with Crippen molar-refractivity contribution in [2.24, 2.45) is 0 Å². The van der Waals surface area contributed by atoms with Gasteiger partial charge in [-0.2, -0.15) is 0 Å². The van der Waals surface area contributed by atoms with Crippen molar-refractivity contribution >= 4 is 23.5 Å². The predicted octanol–water partition coefficient (Wildman–Crippen LogP) is 2.98. The number of nitrogens with one attached hydrogen (secondary N) is 1. The summed E-state index contributed by atoms with van der Waals surface area (Å²) in [6.07, 6.45) is 4.46. The van der Waals surface area contributed by atoms with E-state index in [0.29, 0.717) is 19.0 Å². The zero-order chi connectivity index (χ0) is 17.2. The number of ether oxygens (including phenoxy) is 1. The molecular formula is C18H19ClN4O2. The first-order chi connectivity index (χ1) is 12.2. The van der Waals surface area contributed by atoms with Crippen LogP contribution in [0.4, 0.5) is 5.95 Å². The third kappa shape index (κ3) is 3.26. The molecule has 1 aromatic carbocycles. The first kappa shape index (κ1) is 16.1. The molecule has 0 aliphatic carbocycles. The van der Waals surface area contributed by atoms with Crippen LogP contribution in [0.25, 0.3) is 0 Å². The average Bonchev–Trinajstić information content (AvgIpc) is 3.17. The van der Waals surface area contributed by atoms with Crippen molar-refractivity contribution in [1.82, 2.24) is 15.3 Å². The van der Waals surface area contributed by atoms with Crippen molar-refractivity contribution in [3.8, 4) is 5.75 Å². The Hall–Kier alpha value is -2.34. The quantitative estimate of drug-likeness (QED) is 0.913. The fraction of sp³-hybridized carbons (Fsp3) is 0.389. The van der Waals surface area contributed by atoms with Crippen molar-refractivity contribution in [3.05, 3.63) is 46.7 Å². The van der Waals surface area contributed by atoms with E-state index in [1.54, 1.807) is 0 Å². The van der Waals surface area contributed by atoms with Crippen LogP contribution in [0.3, 0.4) is 0 Å². The molecule has 1 aromatic heterocycles. The molecule has 1 saturated heterocycles. The number of halogens is 1. The fourth-order valence-electron chi connectivity index (χ4n) is 3.31. The summed E-state index contributed by atoms with van der Waals surface area (Å²) in [5.74, 6) is 1.10. The summed E-state index contributed by atoms with van der Waals surface area (Å²) in [6.45, 7) is 2.39. The van der Waals surface area contributed by atoms with E-state index >= 15 is 0 Å². The number of hydrogen-bond donors (Lipinski definition) is 1. The lowest BCUT2D eigenvalue weighted by Crippen LogP contribution is -2.33. The number of anilines is 1. The smallest absolute Gasteiger partial charge is 0.272 e. The number of carbonyl (C=O) groups is 1. The molecule has 2 aliphatic rings. The molecule has 2 aliphatic heterocycles. The van der Waals surface area contributed by atoms with Crippen molar-refractivity contribution in [2.45, 2.75) is 25.3 Å². The molecule has 25 heavy (non-hydrogen) atoms. The zero-order valence-corrected chi connectivity index (χ0v) is 14.5. The van der Waals surface area contributed by atoms with E-state index in [-0.39, 0.29) is 22.7 Å². The van der Waals surface area contributed by atoms with Crippen molar-refractivity contribution in [2.75, 3.05) is 24.6 Å². The SMILES string of the molecule is O=C(N[C@H]1CCOc2ccccc21)c1nc(N2CCCC2)ncc1Cl. The average molecular weight is 359 g/mol. The first-order valence-electron chi connectivity index (χ1n) is 8.52. The molecule has 0 spiro atoms. The van der Waals surface area contributed by atoms with Gasteiger partial charge in [0.2, 0.25) is 5.95 Å². The van der Waals surface area contributed by atoms with Gasteiger partial charge in [0.1, 0.15) is 5.75 Å². The normalized spacial score (nSPS) is 19.2. The number of benzene rings is 1. The number of amides is 1. The summed E-state index contributed by atoms with van der Waals surface area (Å²) >= 11 is 6.19. The molecule has 1 N–H and O–H groups in total. The van der Waals surface area contributed by atoms with Gasteiger partial charge in [-0.3, -0.25) is 4.79 Å². The Bertz CT molecular complexity index is 792. The Morgan fingerprint density at radius 2 is 2.08 bits per heavy atom. The monoisotopic (exact) mass is 358 g/mol. The number of aromatic nitrogens is 2. The van der Waals surface area contributed by atoms with Crippen LogP contribution in [0.1, 0.15) is 41.4 Å². The second-order valence-electron chi connectivity index (χ2n) is 6.26. The number of nitrogens with zero attached hydrogens (tertiary/aromatic N) is 3. The van der Waals surface area contributed by atoms with Gasteiger partial charge >= 0.3 is 0 Å². The molecular weight excluding hydrogens is 340 g/mol. The molecule has 3 heterocycles. The van der Waals surface area contributed by atoms with E-state index in [0.717, 1.165) is 37.2 Å². The lowest BCUT2D eigenvalue weighted by atomic mass is 10.0. The van der Waals surface area contributed by atoms with Gasteiger partial charge in [0.05, 0.1) is 23.9 Å². The number of para-hydroxylation sites is 1. The minimum atomic E-state index is -0.283. The number of fused-ring (bicyclic) bond motifs is 1. The molecule has 2 aromatic rings. The lowest BCUT2D eigenvalue weighted by molar-refractivity contribution is 0.0920. The van der Waals surface area contributed by atoms with Crippen LogP contribution < -0.4 is 15.0 Å². The van der Waals surface area contributed by atoms with Gasteiger partial charge in [-0.1, -0.05) is 29.8 Å². The topological polar surface area (TPSA) is 67.3 Å². The summed E-state index contributed by atoms with van der Waals surface area (Å²) in [6, 6.07) is 7.63. The molecule has 0 unspecified atom stereocenters. The second-order valence-corrected chi connectivity index (χ2v) is 6.67. The molecule has 1 atom stereocenters. The zero-order valence-electron chi connectivity index (χ0n) is 13.7. The number of hydrogen-bond acceptors (Lipinski definition) is 5. The lowest BCUT2D eigenvalue weighted by Gasteiger charge is -2.26. The minimum absolute atomic E-state index is 0.112. The Morgan fingerprint density at radius 3 is 2.92 bits per heavy atom. The van der Waals surface area contributed by atoms with Crippen LogP contribution in [0.5, 0.6) is 5.75 Å². The summed E-state index contributed by atoms with van der Waals surface area (Å²) in [4.78, 5) is 23.5. The molecule has 130 valence electrons. The van der Waals surface area contributed by atoms with Gasteiger partial charge in [0.15, 0.2) is 5.69 Å². The van der Waals surface area contributed by atoms with Crippen LogP contribution in [-0.4, -0.2) is 35.6 Å². The Kier molecular flexibility index (Phi) is 4.44. The van der Waals surface area contributed by atoms with Gasteiger partial charge in [0.25, 0.3) is 5.91 Å². The van der Waals surface area contributed by atoms with Gasteiger partial charge in [-0.25, -0.2) is 9.97 Å². The summed E-state index contributed by atoms with van der Waals surface area (Å²) in [7, 11) is 0. The molecule has 1 fully saturated rings. The van der Waals surface area contributed by atoms with E-state index in [1.807, 2.05) is 24.3 Å². The summed E-state index contributed by atoms with van der Waals surface area (Å²) in [5, 5.41) is 3.30. The van der Waals surface area contributed by atoms with Crippen molar-refractivity contribution in [1.29, 1.82) is 0 Å². The maximum absolute atomic E-state index is 12.8. The Labute approximate surface area is 151 Å². The van der Waals surface area contributed by atoms with Crippen LogP contribution in [0, 0.1) is 0 Å². The summed E-state index contributed by atoms with van der Waals surface area (Å²) < 4.78 is 5.64. The van der Waals surface area contributed by atoms with E-state index in [1.165, 1.54) is 6.20 Å². The standard InChI is InChI=1S/C18H19ClN4O2/c19-13-11-20-18(23-8-3-4-9-23)22-16(13)17(24)21-14-7-10-25-15-6-2-1-5-12(14)15/h1-2,5-6,11,14H,3-4,7-10H2,(H,21,24)/t14-/m0/s1. The maximum Gasteiger partial charge on any atom is 0.272 e. The molecule has 1 amide bonds. The van der Waals surface area contributed by atoms with E-state index in [9.17, 15) is 4.79 Å². The largest absolute Gasteiger partial charge is 0.493 e. The first-order valence-corrected chi connectivity index (χ1v) is 8.90. The molecule has 0 saturated carbocycles. The van der Waals surface area contributed by atoms with Crippen molar-refractivity contribution in [3.63, 3.8) is 0 Å². The number of carbonyl (C=O) groups excluding carboxylic acids is 1. The van der Waals surface area contributed by atoms with Gasteiger partial charge in [-0.15, -0.1) is 0 Å². The highest BCUT2D eigenvalue weighted by Gasteiger charge is 2.25. The Morgan fingerprint density at radius 1 is 1.28 bits per heavy atom. The molecule has 0 bridgehead atoms. The highest BCUT2D eigenvalue weighted by molar-refractivity contribution is 6.33. The highest BCUT2D eigenvalue weighted by atomic mass is 35.5. The van der Waals surface area contributed by atoms with Gasteiger partial charge < -0.3 is 15.0 Å². The van der Waals surface area contributed by atoms with Crippen LogP contribution in [-0.2, 0) is 0 Å². The van der Waals surface area contributed by atoms with E-state index in [4.69, 9.17) is 16.3 Å². The van der Waals surface area contributed by atoms with Gasteiger partial charge in [-0.05, 0) is 18.9 Å². The van der Waals surface area contributed by atoms with E-state index in [2.05, 4.69) is 20.2 Å². The van der Waals surface area contributed by atoms with Crippen LogP contribution in [0.15, 0.2) is 30.5 Å². The molecule has 6 nitrogen and oxygen atoms in total. The molecule has 0 radical (unpaired) electrons. The molecule has 7 heteroatoms. The second kappa shape index (κ2) is 6.88. The van der Waals surface area contributed by atoms with E-state index < -0.39 is 0 Å². The number of rotatable bonds is 3. The van der Waals surface area contributed by atoms with Crippen molar-refractivity contribution < 1.29 is 9.53 Å². The predicted molar refractivity (Wildman–Crippen MR) is 95.3 cm³/mol. The third-order valence-corrected chi connectivity index (χ3v) is 4.88. The van der Waals surface area contributed by atoms with Gasteiger partial charge in [0, 0.05) is 25.1 Å². The highest BCUT2D eigenvalue weighted by Crippen LogP contribution is 2.32. The maximum atomic E-state index is 12.8. The Balaban J connectivity index is 1.56.